The van der Waals surface area contributed by atoms with Gasteiger partial charge in [0.25, 0.3) is 0 Å². The minimum atomic E-state index is -0.275. The highest BCUT2D eigenvalue weighted by Crippen LogP contribution is 2.29. The van der Waals surface area contributed by atoms with E-state index in [1.165, 1.54) is 17.4 Å². The number of halogens is 1. The van der Waals surface area contributed by atoms with Crippen molar-refractivity contribution in [1.29, 1.82) is 0 Å². The zero-order chi connectivity index (χ0) is 21.5. The van der Waals surface area contributed by atoms with Crippen LogP contribution in [0, 0.1) is 0 Å². The molecule has 0 spiro atoms. The molecule has 6 nitrogen and oxygen atoms in total. The number of rotatable bonds is 8. The lowest BCUT2D eigenvalue weighted by molar-refractivity contribution is -0.111. The molecule has 3 aromatic rings. The third kappa shape index (κ3) is 6.05. The molecule has 0 atom stereocenters. The standard InChI is InChI=1S/C22H22ClN3O3S/c1-14(2)21-25-26-22(30-21)24-20(27)11-7-15-6-10-18(19(12-15)28-3)29-13-16-4-8-17(23)9-5-16/h4-12,14H,13H2,1-3H3,(H,24,26,27). The van der Waals surface area contributed by atoms with Crippen LogP contribution in [0.1, 0.15) is 35.9 Å². The molecular weight excluding hydrogens is 422 g/mol. The molecule has 1 heterocycles. The first-order chi connectivity index (χ1) is 14.4. The third-order valence-electron chi connectivity index (χ3n) is 4.09. The summed E-state index contributed by atoms with van der Waals surface area (Å²) in [7, 11) is 1.58. The van der Waals surface area contributed by atoms with Crippen LogP contribution in [0.3, 0.4) is 0 Å². The van der Waals surface area contributed by atoms with E-state index in [1.807, 2.05) is 56.3 Å². The number of methoxy groups -OCH3 is 1. The van der Waals surface area contributed by atoms with Crippen LogP contribution in [0.4, 0.5) is 5.13 Å². The molecule has 156 valence electrons. The van der Waals surface area contributed by atoms with Crippen LogP contribution < -0.4 is 14.8 Å². The van der Waals surface area contributed by atoms with E-state index in [-0.39, 0.29) is 11.8 Å². The zero-order valence-corrected chi connectivity index (χ0v) is 18.5. The molecule has 1 N–H and O–H groups in total. The summed E-state index contributed by atoms with van der Waals surface area (Å²) in [5.74, 6) is 1.20. The van der Waals surface area contributed by atoms with E-state index in [0.29, 0.717) is 28.3 Å². The van der Waals surface area contributed by atoms with Gasteiger partial charge >= 0.3 is 0 Å². The fourth-order valence-corrected chi connectivity index (χ4v) is 3.36. The second kappa shape index (κ2) is 10.2. The van der Waals surface area contributed by atoms with Gasteiger partial charge in [0.05, 0.1) is 7.11 Å². The minimum Gasteiger partial charge on any atom is -0.493 e. The van der Waals surface area contributed by atoms with Gasteiger partial charge in [0, 0.05) is 17.0 Å². The molecule has 3 rings (SSSR count). The largest absolute Gasteiger partial charge is 0.493 e. The number of nitrogens with zero attached hydrogens (tertiary/aromatic N) is 2. The lowest BCUT2D eigenvalue weighted by atomic mass is 10.2. The highest BCUT2D eigenvalue weighted by molar-refractivity contribution is 7.15. The molecule has 8 heteroatoms. The van der Waals surface area contributed by atoms with Crippen LogP contribution in [-0.4, -0.2) is 23.2 Å². The van der Waals surface area contributed by atoms with E-state index in [9.17, 15) is 4.79 Å². The van der Waals surface area contributed by atoms with Gasteiger partial charge in [-0.25, -0.2) is 0 Å². The number of benzene rings is 2. The third-order valence-corrected chi connectivity index (χ3v) is 5.48. The van der Waals surface area contributed by atoms with Crippen LogP contribution in [0.2, 0.25) is 5.02 Å². The van der Waals surface area contributed by atoms with Gasteiger partial charge in [-0.05, 0) is 41.5 Å². The van der Waals surface area contributed by atoms with E-state index in [0.717, 1.165) is 16.1 Å². The molecule has 0 aliphatic carbocycles. The number of hydrogen-bond acceptors (Lipinski definition) is 6. The van der Waals surface area contributed by atoms with Crippen molar-refractivity contribution in [2.75, 3.05) is 12.4 Å². The van der Waals surface area contributed by atoms with Crippen LogP contribution in [-0.2, 0) is 11.4 Å². The molecular formula is C22H22ClN3O3S. The summed E-state index contributed by atoms with van der Waals surface area (Å²) in [5.41, 5.74) is 1.81. The van der Waals surface area contributed by atoms with Crippen molar-refractivity contribution in [2.45, 2.75) is 26.4 Å². The summed E-state index contributed by atoms with van der Waals surface area (Å²) in [6.07, 6.45) is 3.14. The van der Waals surface area contributed by atoms with Crippen molar-refractivity contribution in [3.8, 4) is 11.5 Å². The van der Waals surface area contributed by atoms with E-state index in [1.54, 1.807) is 13.2 Å². The molecule has 0 bridgehead atoms. The fraction of sp³-hybridized carbons (Fsp3) is 0.227. The highest BCUT2D eigenvalue weighted by Gasteiger charge is 2.09. The Morgan fingerprint density at radius 3 is 2.60 bits per heavy atom. The van der Waals surface area contributed by atoms with Gasteiger partial charge in [-0.2, -0.15) is 0 Å². The van der Waals surface area contributed by atoms with Gasteiger partial charge < -0.3 is 9.47 Å². The smallest absolute Gasteiger partial charge is 0.250 e. The number of carbonyl (C=O) groups excluding carboxylic acids is 1. The minimum absolute atomic E-state index is 0.275. The molecule has 0 fully saturated rings. The lowest BCUT2D eigenvalue weighted by Gasteiger charge is -2.11. The summed E-state index contributed by atoms with van der Waals surface area (Å²) < 4.78 is 11.3. The van der Waals surface area contributed by atoms with Gasteiger partial charge in [-0.3, -0.25) is 10.1 Å². The highest BCUT2D eigenvalue weighted by atomic mass is 35.5. The molecule has 1 aromatic heterocycles. The molecule has 0 saturated carbocycles. The summed E-state index contributed by atoms with van der Waals surface area (Å²) in [6.45, 7) is 4.45. The predicted octanol–water partition coefficient (Wildman–Crippen LogP) is 5.55. The SMILES string of the molecule is COc1cc(C=CC(=O)Nc2nnc(C(C)C)s2)ccc1OCc1ccc(Cl)cc1. The van der Waals surface area contributed by atoms with Crippen molar-refractivity contribution < 1.29 is 14.3 Å². The maximum atomic E-state index is 12.1. The molecule has 0 aliphatic rings. The molecule has 2 aromatic carbocycles. The fourth-order valence-electron chi connectivity index (χ4n) is 2.49. The molecule has 0 unspecified atom stereocenters. The van der Waals surface area contributed by atoms with Gasteiger partial charge in [-0.1, -0.05) is 55.0 Å². The second-order valence-corrected chi connectivity index (χ2v) is 8.19. The van der Waals surface area contributed by atoms with Gasteiger partial charge in [0.1, 0.15) is 11.6 Å². The average Bonchev–Trinajstić information content (AvgIpc) is 3.21. The monoisotopic (exact) mass is 443 g/mol. The Morgan fingerprint density at radius 1 is 1.17 bits per heavy atom. The van der Waals surface area contributed by atoms with Crippen molar-refractivity contribution in [3.63, 3.8) is 0 Å². The maximum Gasteiger partial charge on any atom is 0.250 e. The summed E-state index contributed by atoms with van der Waals surface area (Å²) >= 11 is 7.27. The van der Waals surface area contributed by atoms with Crippen molar-refractivity contribution in [2.24, 2.45) is 0 Å². The first kappa shape index (κ1) is 21.8. The van der Waals surface area contributed by atoms with Gasteiger partial charge in [-0.15, -0.1) is 10.2 Å². The van der Waals surface area contributed by atoms with Crippen LogP contribution >= 0.6 is 22.9 Å². The van der Waals surface area contributed by atoms with Crippen molar-refractivity contribution >= 4 is 40.1 Å². The van der Waals surface area contributed by atoms with Crippen molar-refractivity contribution in [1.82, 2.24) is 10.2 Å². The Hall–Kier alpha value is -2.90. The molecule has 0 radical (unpaired) electrons. The van der Waals surface area contributed by atoms with Crippen molar-refractivity contribution in [3.05, 3.63) is 69.7 Å². The first-order valence-corrected chi connectivity index (χ1v) is 10.5. The molecule has 30 heavy (non-hydrogen) atoms. The quantitative estimate of drug-likeness (QED) is 0.462. The number of ether oxygens (including phenoxy) is 2. The Kier molecular flexibility index (Phi) is 7.43. The second-order valence-electron chi connectivity index (χ2n) is 6.75. The summed E-state index contributed by atoms with van der Waals surface area (Å²) in [5, 5.41) is 12.8. The van der Waals surface area contributed by atoms with Gasteiger partial charge in [0.2, 0.25) is 11.0 Å². The number of anilines is 1. The molecule has 0 aliphatic heterocycles. The van der Waals surface area contributed by atoms with E-state index >= 15 is 0 Å². The van der Waals surface area contributed by atoms with E-state index < -0.39 is 0 Å². The zero-order valence-electron chi connectivity index (χ0n) is 16.9. The molecule has 0 saturated heterocycles. The Balaban J connectivity index is 1.61. The van der Waals surface area contributed by atoms with Crippen LogP contribution in [0.25, 0.3) is 6.08 Å². The first-order valence-electron chi connectivity index (χ1n) is 9.32. The normalized spacial score (nSPS) is 11.1. The summed E-state index contributed by atoms with van der Waals surface area (Å²) in [4.78, 5) is 12.1. The number of carbonyl (C=O) groups is 1. The summed E-state index contributed by atoms with van der Waals surface area (Å²) in [6, 6.07) is 12.9. The lowest BCUT2D eigenvalue weighted by Crippen LogP contribution is -2.07. The van der Waals surface area contributed by atoms with E-state index in [4.69, 9.17) is 21.1 Å². The Morgan fingerprint density at radius 2 is 1.93 bits per heavy atom. The maximum absolute atomic E-state index is 12.1. The van der Waals surface area contributed by atoms with E-state index in [2.05, 4.69) is 15.5 Å². The predicted molar refractivity (Wildman–Crippen MR) is 120 cm³/mol. The Bertz CT molecular complexity index is 1030. The topological polar surface area (TPSA) is 73.3 Å². The number of aromatic nitrogens is 2. The Labute approximate surface area is 184 Å². The number of nitrogens with one attached hydrogen (secondary N) is 1. The number of hydrogen-bond donors (Lipinski definition) is 1. The van der Waals surface area contributed by atoms with Crippen LogP contribution in [0.15, 0.2) is 48.5 Å². The molecule has 1 amide bonds. The average molecular weight is 444 g/mol. The number of amides is 1. The van der Waals surface area contributed by atoms with Gasteiger partial charge in [0.15, 0.2) is 11.5 Å². The van der Waals surface area contributed by atoms with Crippen LogP contribution in [0.5, 0.6) is 11.5 Å².